The van der Waals surface area contributed by atoms with Crippen molar-refractivity contribution in [3.63, 3.8) is 0 Å². The number of ether oxygens (including phenoxy) is 1. The predicted octanol–water partition coefficient (Wildman–Crippen LogP) is 5.85. The summed E-state index contributed by atoms with van der Waals surface area (Å²) in [5.74, 6) is -0.111. The smallest absolute Gasteiger partial charge is 0.319 e. The minimum atomic E-state index is -0.905. The zero-order valence-electron chi connectivity index (χ0n) is 26.7. The van der Waals surface area contributed by atoms with Crippen molar-refractivity contribution in [3.05, 3.63) is 47.9 Å². The van der Waals surface area contributed by atoms with E-state index in [2.05, 4.69) is 25.1 Å². The first kappa shape index (κ1) is 30.2. The van der Waals surface area contributed by atoms with Gasteiger partial charge in [0.25, 0.3) is 0 Å². The summed E-state index contributed by atoms with van der Waals surface area (Å²) in [6.07, 6.45) is 7.10. The molecule has 4 aromatic rings. The normalized spacial score (nSPS) is 26.6. The number of alkyl halides is 1. The van der Waals surface area contributed by atoms with Crippen LogP contribution in [0.25, 0.3) is 32.9 Å². The number of hydrogen-bond acceptors (Lipinski definition) is 8. The number of fused-ring (bicyclic) bond motifs is 7. The zero-order chi connectivity index (χ0) is 32.3. The maximum Gasteiger partial charge on any atom is 0.319 e. The van der Waals surface area contributed by atoms with Gasteiger partial charge in [-0.15, -0.1) is 0 Å². The molecule has 3 saturated heterocycles. The molecule has 3 fully saturated rings. The number of phenols is 1. The van der Waals surface area contributed by atoms with Gasteiger partial charge in [-0.2, -0.15) is 9.97 Å². The van der Waals surface area contributed by atoms with Gasteiger partial charge in [-0.05, 0) is 86.9 Å². The predicted molar refractivity (Wildman–Crippen MR) is 176 cm³/mol. The van der Waals surface area contributed by atoms with Crippen LogP contribution in [0.15, 0.2) is 36.5 Å². The quantitative estimate of drug-likeness (QED) is 0.287. The Morgan fingerprint density at radius 3 is 2.85 bits per heavy atom. The van der Waals surface area contributed by atoms with Gasteiger partial charge >= 0.3 is 6.01 Å². The van der Waals surface area contributed by atoms with Crippen molar-refractivity contribution in [1.82, 2.24) is 25.2 Å². The number of aryl methyl sites for hydroxylation is 1. The van der Waals surface area contributed by atoms with Crippen LogP contribution >= 0.6 is 0 Å². The lowest BCUT2D eigenvalue weighted by atomic mass is 9.90. The molecule has 1 amide bonds. The summed E-state index contributed by atoms with van der Waals surface area (Å²) >= 11 is 0. The van der Waals surface area contributed by atoms with Gasteiger partial charge in [0.2, 0.25) is 5.91 Å². The van der Waals surface area contributed by atoms with Crippen LogP contribution in [0.3, 0.4) is 0 Å². The molecule has 11 heteroatoms. The van der Waals surface area contributed by atoms with Crippen molar-refractivity contribution in [2.24, 2.45) is 0 Å². The number of aromatic hydroxyl groups is 1. The average Bonchev–Trinajstić information content (AvgIpc) is 3.56. The monoisotopic (exact) mass is 642 g/mol. The van der Waals surface area contributed by atoms with Crippen LogP contribution in [0.2, 0.25) is 0 Å². The molecule has 0 unspecified atom stereocenters. The van der Waals surface area contributed by atoms with Crippen LogP contribution in [0, 0.1) is 5.82 Å². The Balaban J connectivity index is 1.30. The number of amides is 1. The second kappa shape index (κ2) is 11.5. The Labute approximate surface area is 272 Å². The van der Waals surface area contributed by atoms with E-state index >= 15 is 4.39 Å². The number of piperidine rings is 1. The van der Waals surface area contributed by atoms with E-state index in [1.54, 1.807) is 18.3 Å². The minimum Gasteiger partial charge on any atom is -0.508 e. The highest BCUT2D eigenvalue weighted by molar-refractivity contribution is 6.01. The second-order valence-corrected chi connectivity index (χ2v) is 14.2. The van der Waals surface area contributed by atoms with Crippen LogP contribution in [0.1, 0.15) is 63.9 Å². The molecule has 0 radical (unpaired) electrons. The number of rotatable bonds is 3. The van der Waals surface area contributed by atoms with Gasteiger partial charge in [0.1, 0.15) is 35.6 Å². The second-order valence-electron chi connectivity index (χ2n) is 14.2. The highest BCUT2D eigenvalue weighted by Gasteiger charge is 2.49. The maximum atomic E-state index is 17.0. The third-order valence-electron chi connectivity index (χ3n) is 10.7. The third-order valence-corrected chi connectivity index (χ3v) is 10.7. The van der Waals surface area contributed by atoms with Gasteiger partial charge < -0.3 is 20.1 Å². The van der Waals surface area contributed by atoms with Crippen molar-refractivity contribution in [2.45, 2.75) is 82.0 Å². The van der Waals surface area contributed by atoms with Crippen LogP contribution in [0.4, 0.5) is 14.6 Å². The van der Waals surface area contributed by atoms with Crippen molar-refractivity contribution in [2.75, 3.05) is 37.7 Å². The van der Waals surface area contributed by atoms with E-state index in [-0.39, 0.29) is 35.5 Å². The number of pyridine rings is 1. The molecule has 5 aliphatic heterocycles. The van der Waals surface area contributed by atoms with E-state index in [1.807, 2.05) is 25.1 Å². The standard InChI is InChI=1S/C36H40F2N6O3/c1-35-11-5-13-43(20-35)33-27-18-39-31(26-16-25(45)15-23-9-4-8-22(29(23)26)7-2-3-10-28(46)42-35)30(38)32(27)40-34(41-33)47-21-36-12-6-14-44(36)19-24(37)17-36/h4,8-9,15-16,18,24,45H,2-3,5-7,10-14,17,19-21H2,1H3,(H,42,46)/t24-,35-,36+/m1/s1. The Kier molecular flexibility index (Phi) is 7.42. The first-order valence-electron chi connectivity index (χ1n) is 16.9. The van der Waals surface area contributed by atoms with E-state index in [0.717, 1.165) is 55.0 Å². The topological polar surface area (TPSA) is 104 Å². The van der Waals surface area contributed by atoms with Gasteiger partial charge in [-0.1, -0.05) is 18.2 Å². The summed E-state index contributed by atoms with van der Waals surface area (Å²) in [5, 5.41) is 16.0. The van der Waals surface area contributed by atoms with Gasteiger partial charge in [0.05, 0.1) is 16.5 Å². The Hall–Kier alpha value is -4.12. The van der Waals surface area contributed by atoms with Gasteiger partial charge in [0.15, 0.2) is 5.82 Å². The number of hydrogen-bond donors (Lipinski definition) is 2. The zero-order valence-corrected chi connectivity index (χ0v) is 26.7. The Bertz CT molecular complexity index is 1890. The highest BCUT2D eigenvalue weighted by atomic mass is 19.1. The largest absolute Gasteiger partial charge is 0.508 e. The molecule has 3 atom stereocenters. The first-order valence-corrected chi connectivity index (χ1v) is 16.9. The number of benzene rings is 2. The molecule has 246 valence electrons. The van der Waals surface area contributed by atoms with Crippen molar-refractivity contribution < 1.29 is 23.4 Å². The molecular weight excluding hydrogens is 602 g/mol. The Morgan fingerprint density at radius 2 is 1.96 bits per heavy atom. The van der Waals surface area contributed by atoms with Gasteiger partial charge in [-0.3, -0.25) is 14.7 Å². The molecule has 6 bridgehead atoms. The van der Waals surface area contributed by atoms with Crippen molar-refractivity contribution in [1.29, 1.82) is 0 Å². The fourth-order valence-electron chi connectivity index (χ4n) is 8.57. The Morgan fingerprint density at radius 1 is 1.11 bits per heavy atom. The van der Waals surface area contributed by atoms with Crippen LogP contribution in [-0.4, -0.2) is 80.9 Å². The number of phenolic OH excluding ortho intramolecular Hbond substituents is 1. The molecule has 0 saturated carbocycles. The highest BCUT2D eigenvalue weighted by Crippen LogP contribution is 2.42. The fraction of sp³-hybridized carbons (Fsp3) is 0.500. The van der Waals surface area contributed by atoms with Gasteiger partial charge in [0, 0.05) is 44.2 Å². The average molecular weight is 643 g/mol. The molecule has 0 aliphatic carbocycles. The maximum absolute atomic E-state index is 17.0. The van der Waals surface area contributed by atoms with E-state index < -0.39 is 23.1 Å². The van der Waals surface area contributed by atoms with E-state index in [4.69, 9.17) is 9.72 Å². The third kappa shape index (κ3) is 5.42. The number of anilines is 1. The first-order chi connectivity index (χ1) is 22.7. The van der Waals surface area contributed by atoms with Crippen LogP contribution in [0.5, 0.6) is 11.8 Å². The molecule has 9 nitrogen and oxygen atoms in total. The number of carbonyl (C=O) groups excluding carboxylic acids is 1. The molecular formula is C36H40F2N6O3. The lowest BCUT2D eigenvalue weighted by Crippen LogP contribution is -2.57. The lowest BCUT2D eigenvalue weighted by Gasteiger charge is -2.42. The van der Waals surface area contributed by atoms with Crippen LogP contribution in [-0.2, 0) is 11.2 Å². The number of halogens is 2. The molecule has 5 aliphatic rings. The number of nitrogens with zero attached hydrogens (tertiary/aromatic N) is 5. The number of carbonyl (C=O) groups is 1. The molecule has 7 heterocycles. The van der Waals surface area contributed by atoms with Crippen molar-refractivity contribution >= 4 is 33.4 Å². The summed E-state index contributed by atoms with van der Waals surface area (Å²) < 4.78 is 37.8. The van der Waals surface area contributed by atoms with E-state index in [0.29, 0.717) is 62.1 Å². The van der Waals surface area contributed by atoms with Gasteiger partial charge in [-0.25, -0.2) is 8.78 Å². The minimum absolute atomic E-state index is 0.0108. The SMILES string of the molecule is C[C@@]12CCCN(C1)c1nc(OC[C@@]34CCCN3C[C@H](F)C4)nc3c(F)c(ncc13)-c1cc(O)cc3cccc(c13)CCCCC(=O)N2. The fourth-order valence-corrected chi connectivity index (χ4v) is 8.57. The van der Waals surface area contributed by atoms with Crippen LogP contribution < -0.4 is 15.0 Å². The summed E-state index contributed by atoms with van der Waals surface area (Å²) in [7, 11) is 0. The van der Waals surface area contributed by atoms with Crippen molar-refractivity contribution in [3.8, 4) is 23.0 Å². The van der Waals surface area contributed by atoms with E-state index in [9.17, 15) is 14.3 Å². The summed E-state index contributed by atoms with van der Waals surface area (Å²) in [6, 6.07) is 9.10. The molecule has 2 N–H and O–H groups in total. The summed E-state index contributed by atoms with van der Waals surface area (Å²) in [5.41, 5.74) is 0.703. The molecule has 2 aromatic heterocycles. The lowest BCUT2D eigenvalue weighted by molar-refractivity contribution is -0.123. The molecule has 47 heavy (non-hydrogen) atoms. The number of aromatic nitrogens is 3. The molecule has 2 aromatic carbocycles. The number of nitrogens with one attached hydrogen (secondary N) is 1. The summed E-state index contributed by atoms with van der Waals surface area (Å²) in [6.45, 7) is 4.63. The summed E-state index contributed by atoms with van der Waals surface area (Å²) in [4.78, 5) is 31.6. The van der Waals surface area contributed by atoms with E-state index in [1.165, 1.54) is 0 Å². The molecule has 9 rings (SSSR count). The molecule has 0 spiro atoms.